The molecule has 1 aromatic heterocycles. The van der Waals surface area contributed by atoms with Crippen LogP contribution in [0.15, 0.2) is 29.0 Å². The molecule has 5 heteroatoms. The first kappa shape index (κ1) is 11.7. The van der Waals surface area contributed by atoms with Crippen molar-refractivity contribution < 1.29 is 13.2 Å². The van der Waals surface area contributed by atoms with Crippen LogP contribution in [0.4, 0.5) is 13.2 Å². The minimum Gasteiger partial charge on any atom is -0.207 e. The Balaban J connectivity index is 2.48. The number of alkyl halides is 1. The van der Waals surface area contributed by atoms with Gasteiger partial charge in [-0.15, -0.1) is 0 Å². The minimum absolute atomic E-state index is 0.167. The second-order valence-corrected chi connectivity index (χ2v) is 4.90. The topological polar surface area (TPSA) is 0 Å². The summed E-state index contributed by atoms with van der Waals surface area (Å²) in [6.45, 7) is 0. The van der Waals surface area contributed by atoms with Crippen molar-refractivity contribution in [3.63, 3.8) is 0 Å². The molecule has 2 rings (SSSR count). The summed E-state index contributed by atoms with van der Waals surface area (Å²) in [5, 5.41) is 3.59. The molecule has 1 heterocycles. The Morgan fingerprint density at radius 1 is 1.12 bits per heavy atom. The van der Waals surface area contributed by atoms with E-state index in [-0.39, 0.29) is 5.56 Å². The summed E-state index contributed by atoms with van der Waals surface area (Å²) in [6, 6.07) is 3.12. The summed E-state index contributed by atoms with van der Waals surface area (Å²) < 4.78 is 39.6. The Labute approximate surface area is 103 Å². The van der Waals surface area contributed by atoms with Gasteiger partial charge in [0, 0.05) is 17.7 Å². The molecule has 1 aromatic carbocycles. The molecule has 0 nitrogen and oxygen atoms in total. The van der Waals surface area contributed by atoms with Crippen molar-refractivity contribution in [1.82, 2.24) is 0 Å². The average Bonchev–Trinajstić information content (AvgIpc) is 2.67. The summed E-state index contributed by atoms with van der Waals surface area (Å²) in [6.07, 6.45) is 0. The van der Waals surface area contributed by atoms with Crippen molar-refractivity contribution in [1.29, 1.82) is 0 Å². The fourth-order valence-corrected chi connectivity index (χ4v) is 2.96. The first-order chi connectivity index (χ1) is 7.59. The third kappa shape index (κ3) is 2.15. The van der Waals surface area contributed by atoms with Crippen molar-refractivity contribution in [2.45, 2.75) is 4.83 Å². The molecule has 16 heavy (non-hydrogen) atoms. The fourth-order valence-electron chi connectivity index (χ4n) is 1.38. The molecule has 0 bridgehead atoms. The highest BCUT2D eigenvalue weighted by molar-refractivity contribution is 9.09. The van der Waals surface area contributed by atoms with E-state index in [9.17, 15) is 13.2 Å². The van der Waals surface area contributed by atoms with Crippen molar-refractivity contribution >= 4 is 27.3 Å². The largest absolute Gasteiger partial charge is 0.207 e. The predicted octanol–water partition coefficient (Wildman–Crippen LogP) is 4.65. The van der Waals surface area contributed by atoms with E-state index in [0.29, 0.717) is 12.1 Å². The maximum absolute atomic E-state index is 13.4. The van der Waals surface area contributed by atoms with Crippen molar-refractivity contribution in [3.8, 4) is 0 Å². The Hall–Kier alpha value is -0.810. The van der Waals surface area contributed by atoms with E-state index in [1.165, 1.54) is 11.3 Å². The maximum Gasteiger partial charge on any atom is 0.133 e. The summed E-state index contributed by atoms with van der Waals surface area (Å²) in [5.41, 5.74) is 0.578. The minimum atomic E-state index is -0.913. The SMILES string of the molecule is Fc1cc(F)c(C(Br)c2ccsc2)c(F)c1. The zero-order chi connectivity index (χ0) is 11.7. The molecule has 1 atom stereocenters. The summed E-state index contributed by atoms with van der Waals surface area (Å²) in [7, 11) is 0. The Kier molecular flexibility index (Phi) is 3.35. The van der Waals surface area contributed by atoms with E-state index in [1.807, 2.05) is 5.38 Å². The number of halogens is 4. The number of benzene rings is 1. The van der Waals surface area contributed by atoms with Crippen molar-refractivity contribution in [2.24, 2.45) is 0 Å². The molecule has 0 aliphatic rings. The molecule has 0 N–H and O–H groups in total. The molecule has 0 amide bonds. The van der Waals surface area contributed by atoms with Crippen molar-refractivity contribution in [3.05, 3.63) is 57.5 Å². The first-order valence-corrected chi connectivity index (χ1v) is 6.26. The van der Waals surface area contributed by atoms with Crippen LogP contribution in [-0.4, -0.2) is 0 Å². The van der Waals surface area contributed by atoms with Crippen LogP contribution >= 0.6 is 27.3 Å². The van der Waals surface area contributed by atoms with E-state index >= 15 is 0 Å². The zero-order valence-electron chi connectivity index (χ0n) is 7.88. The smallest absolute Gasteiger partial charge is 0.133 e. The highest BCUT2D eigenvalue weighted by Crippen LogP contribution is 2.35. The van der Waals surface area contributed by atoms with Crippen LogP contribution in [0.3, 0.4) is 0 Å². The van der Waals surface area contributed by atoms with Crippen LogP contribution in [0.5, 0.6) is 0 Å². The molecule has 0 saturated carbocycles. The standard InChI is InChI=1S/C11H6BrF3S/c12-11(6-1-2-16-5-6)10-8(14)3-7(13)4-9(10)15/h1-5,11H. The summed E-state index contributed by atoms with van der Waals surface area (Å²) in [4.78, 5) is -0.598. The van der Waals surface area contributed by atoms with Crippen LogP contribution in [0.25, 0.3) is 0 Å². The molecular weight excluding hydrogens is 301 g/mol. The Bertz CT molecular complexity index is 473. The normalized spacial score (nSPS) is 12.8. The summed E-state index contributed by atoms with van der Waals surface area (Å²) in [5.74, 6) is -2.68. The van der Waals surface area contributed by atoms with Gasteiger partial charge in [0.1, 0.15) is 17.5 Å². The van der Waals surface area contributed by atoms with Gasteiger partial charge in [0.05, 0.1) is 4.83 Å². The van der Waals surface area contributed by atoms with Gasteiger partial charge in [0.2, 0.25) is 0 Å². The van der Waals surface area contributed by atoms with Crippen molar-refractivity contribution in [2.75, 3.05) is 0 Å². The fraction of sp³-hybridized carbons (Fsp3) is 0.0909. The highest BCUT2D eigenvalue weighted by atomic mass is 79.9. The van der Waals surface area contributed by atoms with Gasteiger partial charge in [-0.1, -0.05) is 15.9 Å². The van der Waals surface area contributed by atoms with Crippen LogP contribution in [0, 0.1) is 17.5 Å². The number of hydrogen-bond donors (Lipinski definition) is 0. The van der Waals surface area contributed by atoms with Gasteiger partial charge in [-0.2, -0.15) is 11.3 Å². The second kappa shape index (κ2) is 4.59. The van der Waals surface area contributed by atoms with Crippen LogP contribution < -0.4 is 0 Å². The molecule has 0 spiro atoms. The number of thiophene rings is 1. The van der Waals surface area contributed by atoms with Gasteiger partial charge in [0.25, 0.3) is 0 Å². The molecule has 1 unspecified atom stereocenters. The molecule has 2 aromatic rings. The highest BCUT2D eigenvalue weighted by Gasteiger charge is 2.20. The van der Waals surface area contributed by atoms with Gasteiger partial charge < -0.3 is 0 Å². The van der Waals surface area contributed by atoms with Gasteiger partial charge in [-0.25, -0.2) is 13.2 Å². The molecule has 0 fully saturated rings. The molecule has 84 valence electrons. The quantitative estimate of drug-likeness (QED) is 0.709. The van der Waals surface area contributed by atoms with E-state index in [1.54, 1.807) is 11.4 Å². The molecule has 0 aliphatic heterocycles. The third-order valence-electron chi connectivity index (χ3n) is 2.13. The number of rotatable bonds is 2. The number of hydrogen-bond acceptors (Lipinski definition) is 1. The Morgan fingerprint density at radius 3 is 2.25 bits per heavy atom. The Morgan fingerprint density at radius 2 is 1.75 bits per heavy atom. The first-order valence-electron chi connectivity index (χ1n) is 4.40. The van der Waals surface area contributed by atoms with E-state index < -0.39 is 22.3 Å². The van der Waals surface area contributed by atoms with Crippen LogP contribution in [0.1, 0.15) is 16.0 Å². The average molecular weight is 307 g/mol. The lowest BCUT2D eigenvalue weighted by Gasteiger charge is -2.11. The zero-order valence-corrected chi connectivity index (χ0v) is 10.3. The van der Waals surface area contributed by atoms with Crippen LogP contribution in [0.2, 0.25) is 0 Å². The molecule has 0 aliphatic carbocycles. The third-order valence-corrected chi connectivity index (χ3v) is 3.82. The van der Waals surface area contributed by atoms with Gasteiger partial charge >= 0.3 is 0 Å². The van der Waals surface area contributed by atoms with E-state index in [0.717, 1.165) is 5.56 Å². The lowest BCUT2D eigenvalue weighted by Crippen LogP contribution is -2.00. The molecule has 0 saturated heterocycles. The predicted molar refractivity (Wildman–Crippen MR) is 61.4 cm³/mol. The van der Waals surface area contributed by atoms with Gasteiger partial charge in [-0.3, -0.25) is 0 Å². The van der Waals surface area contributed by atoms with Gasteiger partial charge in [0.15, 0.2) is 0 Å². The summed E-state index contributed by atoms with van der Waals surface area (Å²) >= 11 is 4.63. The van der Waals surface area contributed by atoms with E-state index in [2.05, 4.69) is 15.9 Å². The molecular formula is C11H6BrF3S. The lowest BCUT2D eigenvalue weighted by atomic mass is 10.1. The van der Waals surface area contributed by atoms with E-state index in [4.69, 9.17) is 0 Å². The maximum atomic E-state index is 13.4. The molecule has 0 radical (unpaired) electrons. The second-order valence-electron chi connectivity index (χ2n) is 3.20. The van der Waals surface area contributed by atoms with Gasteiger partial charge in [-0.05, 0) is 22.4 Å². The van der Waals surface area contributed by atoms with Crippen LogP contribution in [-0.2, 0) is 0 Å². The monoisotopic (exact) mass is 306 g/mol. The lowest BCUT2D eigenvalue weighted by molar-refractivity contribution is 0.527.